The fourth-order valence-electron chi connectivity index (χ4n) is 4.92. The molecule has 2 N–H and O–H groups in total. The van der Waals surface area contributed by atoms with Gasteiger partial charge in [0.2, 0.25) is 0 Å². The van der Waals surface area contributed by atoms with Gasteiger partial charge in [0.15, 0.2) is 5.11 Å². The Morgan fingerprint density at radius 3 is 2.74 bits per heavy atom. The lowest BCUT2D eigenvalue weighted by Gasteiger charge is -2.31. The van der Waals surface area contributed by atoms with E-state index in [0.29, 0.717) is 5.11 Å². The molecule has 2 fully saturated rings. The molecular formula is C26H29N5O3S. The van der Waals surface area contributed by atoms with Crippen molar-refractivity contribution in [2.24, 2.45) is 0 Å². The lowest BCUT2D eigenvalue weighted by atomic mass is 10.0. The fourth-order valence-corrected chi connectivity index (χ4v) is 5.25. The average molecular weight is 492 g/mol. The standard InChI is InChI=1S/C26H29N5O3S/c32-25(33)19-6-3-7-20(18-19)30-12-4-9-22(30)24-23(21-8-1-2-10-27-21)28-26(35)31(24)13-5-11-29-14-16-34-17-15-29/h1-4,6-10,12,18,23-24H,5,11,13-17H2,(H,28,35)(H,32,33). The second-order valence-corrected chi connectivity index (χ2v) is 9.17. The number of benzene rings is 1. The molecular weight excluding hydrogens is 462 g/mol. The lowest BCUT2D eigenvalue weighted by molar-refractivity contribution is 0.0365. The quantitative estimate of drug-likeness (QED) is 0.465. The Hall–Kier alpha value is -3.27. The van der Waals surface area contributed by atoms with Gasteiger partial charge < -0.3 is 24.6 Å². The number of rotatable bonds is 8. The molecule has 182 valence electrons. The van der Waals surface area contributed by atoms with Crippen molar-refractivity contribution in [3.63, 3.8) is 0 Å². The predicted molar refractivity (Wildman–Crippen MR) is 137 cm³/mol. The number of pyridine rings is 1. The number of aromatic carboxylic acids is 1. The van der Waals surface area contributed by atoms with Gasteiger partial charge in [-0.25, -0.2) is 4.79 Å². The molecule has 5 rings (SSSR count). The van der Waals surface area contributed by atoms with Crippen LogP contribution in [-0.2, 0) is 4.74 Å². The zero-order valence-corrected chi connectivity index (χ0v) is 20.2. The summed E-state index contributed by atoms with van der Waals surface area (Å²) in [6.45, 7) is 5.30. The van der Waals surface area contributed by atoms with Crippen molar-refractivity contribution < 1.29 is 14.6 Å². The summed E-state index contributed by atoms with van der Waals surface area (Å²) in [7, 11) is 0. The number of thiocarbonyl (C=S) groups is 1. The molecule has 9 heteroatoms. The topological polar surface area (TPSA) is 82.9 Å². The summed E-state index contributed by atoms with van der Waals surface area (Å²) in [5.74, 6) is -0.944. The van der Waals surface area contributed by atoms with E-state index in [9.17, 15) is 9.90 Å². The van der Waals surface area contributed by atoms with Gasteiger partial charge >= 0.3 is 5.97 Å². The molecule has 2 saturated heterocycles. The number of carbonyl (C=O) groups is 1. The summed E-state index contributed by atoms with van der Waals surface area (Å²) >= 11 is 5.82. The maximum Gasteiger partial charge on any atom is 0.335 e. The SMILES string of the molecule is O=C(O)c1cccc(-n2cccc2C2C(c3ccccn3)NC(=S)N2CCCN2CCOCC2)c1. The van der Waals surface area contributed by atoms with Crippen molar-refractivity contribution in [1.82, 2.24) is 24.7 Å². The van der Waals surface area contributed by atoms with Crippen LogP contribution in [0, 0.1) is 0 Å². The van der Waals surface area contributed by atoms with E-state index in [-0.39, 0.29) is 17.6 Å². The van der Waals surface area contributed by atoms with Crippen molar-refractivity contribution in [1.29, 1.82) is 0 Å². The minimum atomic E-state index is -0.944. The summed E-state index contributed by atoms with van der Waals surface area (Å²) in [5.41, 5.74) is 3.01. The minimum absolute atomic E-state index is 0.0921. The van der Waals surface area contributed by atoms with Gasteiger partial charge in [-0.1, -0.05) is 12.1 Å². The van der Waals surface area contributed by atoms with Crippen LogP contribution < -0.4 is 5.32 Å². The van der Waals surface area contributed by atoms with E-state index >= 15 is 0 Å². The average Bonchev–Trinajstić information content (AvgIpc) is 3.50. The number of morpholine rings is 1. The highest BCUT2D eigenvalue weighted by atomic mass is 32.1. The molecule has 0 amide bonds. The maximum absolute atomic E-state index is 11.6. The summed E-state index contributed by atoms with van der Waals surface area (Å²) in [6.07, 6.45) is 4.75. The number of ether oxygens (including phenoxy) is 1. The molecule has 2 unspecified atom stereocenters. The Balaban J connectivity index is 1.46. The van der Waals surface area contributed by atoms with Crippen molar-refractivity contribution in [2.45, 2.75) is 18.5 Å². The first-order chi connectivity index (χ1) is 17.1. The van der Waals surface area contributed by atoms with Crippen LogP contribution in [0.1, 0.15) is 40.3 Å². The Bertz CT molecular complexity index is 1180. The first kappa shape index (κ1) is 23.5. The molecule has 0 aliphatic carbocycles. The number of carboxylic acids is 1. The number of carboxylic acid groups (broad SMARTS) is 1. The molecule has 35 heavy (non-hydrogen) atoms. The van der Waals surface area contributed by atoms with Crippen LogP contribution in [-0.4, -0.2) is 74.9 Å². The molecule has 2 aromatic heterocycles. The van der Waals surface area contributed by atoms with Crippen LogP contribution >= 0.6 is 12.2 Å². The van der Waals surface area contributed by atoms with Crippen LogP contribution in [0.4, 0.5) is 0 Å². The summed E-state index contributed by atoms with van der Waals surface area (Å²) in [4.78, 5) is 20.9. The van der Waals surface area contributed by atoms with Gasteiger partial charge in [0.05, 0.1) is 36.6 Å². The predicted octanol–water partition coefficient (Wildman–Crippen LogP) is 3.27. The Morgan fingerprint density at radius 2 is 1.97 bits per heavy atom. The molecule has 2 aliphatic heterocycles. The molecule has 0 spiro atoms. The maximum atomic E-state index is 11.6. The van der Waals surface area contributed by atoms with E-state index in [1.807, 2.05) is 36.5 Å². The number of nitrogens with zero attached hydrogens (tertiary/aromatic N) is 4. The molecule has 8 nitrogen and oxygen atoms in total. The van der Waals surface area contributed by atoms with E-state index < -0.39 is 5.97 Å². The molecule has 1 aromatic carbocycles. The minimum Gasteiger partial charge on any atom is -0.478 e. The highest BCUT2D eigenvalue weighted by molar-refractivity contribution is 7.80. The van der Waals surface area contributed by atoms with Crippen LogP contribution in [0.3, 0.4) is 0 Å². The first-order valence-corrected chi connectivity index (χ1v) is 12.3. The zero-order valence-electron chi connectivity index (χ0n) is 19.4. The monoisotopic (exact) mass is 491 g/mol. The smallest absolute Gasteiger partial charge is 0.335 e. The molecule has 2 atom stereocenters. The van der Waals surface area contributed by atoms with E-state index in [1.165, 1.54) is 0 Å². The normalized spacial score (nSPS) is 20.7. The molecule has 4 heterocycles. The largest absolute Gasteiger partial charge is 0.478 e. The number of hydrogen-bond donors (Lipinski definition) is 2. The van der Waals surface area contributed by atoms with Gasteiger partial charge in [-0.3, -0.25) is 9.88 Å². The third-order valence-electron chi connectivity index (χ3n) is 6.63. The van der Waals surface area contributed by atoms with Gasteiger partial charge in [-0.15, -0.1) is 0 Å². The van der Waals surface area contributed by atoms with Crippen molar-refractivity contribution >= 4 is 23.3 Å². The summed E-state index contributed by atoms with van der Waals surface area (Å²) in [5, 5.41) is 13.7. The van der Waals surface area contributed by atoms with Gasteiger partial charge in [0, 0.05) is 50.0 Å². The van der Waals surface area contributed by atoms with Gasteiger partial charge in [0.25, 0.3) is 0 Å². The molecule has 3 aromatic rings. The fraction of sp³-hybridized carbons (Fsp3) is 0.346. The molecule has 0 saturated carbocycles. The van der Waals surface area contributed by atoms with Crippen LogP contribution in [0.2, 0.25) is 0 Å². The lowest BCUT2D eigenvalue weighted by Crippen LogP contribution is -2.39. The van der Waals surface area contributed by atoms with E-state index in [2.05, 4.69) is 30.7 Å². The van der Waals surface area contributed by atoms with Crippen molar-refractivity contribution in [3.05, 3.63) is 83.9 Å². The van der Waals surface area contributed by atoms with E-state index in [0.717, 1.165) is 62.9 Å². The van der Waals surface area contributed by atoms with Gasteiger partial charge in [-0.2, -0.15) is 0 Å². The Kier molecular flexibility index (Phi) is 7.08. The second kappa shape index (κ2) is 10.6. The third-order valence-corrected chi connectivity index (χ3v) is 6.98. The number of nitrogens with one attached hydrogen (secondary N) is 1. The molecule has 2 aliphatic rings. The molecule has 0 bridgehead atoms. The summed E-state index contributed by atoms with van der Waals surface area (Å²) < 4.78 is 7.53. The van der Waals surface area contributed by atoms with Gasteiger partial charge in [-0.05, 0) is 61.1 Å². The molecule has 0 radical (unpaired) electrons. The number of aromatic nitrogens is 2. The highest BCUT2D eigenvalue weighted by Crippen LogP contribution is 2.39. The highest BCUT2D eigenvalue weighted by Gasteiger charge is 2.41. The zero-order chi connectivity index (χ0) is 24.2. The van der Waals surface area contributed by atoms with Gasteiger partial charge in [0.1, 0.15) is 0 Å². The van der Waals surface area contributed by atoms with E-state index in [4.69, 9.17) is 17.0 Å². The first-order valence-electron chi connectivity index (χ1n) is 11.9. The van der Waals surface area contributed by atoms with Crippen molar-refractivity contribution in [3.8, 4) is 5.69 Å². The Morgan fingerprint density at radius 1 is 1.11 bits per heavy atom. The Labute approximate surface area is 210 Å². The van der Waals surface area contributed by atoms with E-state index in [1.54, 1.807) is 24.4 Å². The second-order valence-electron chi connectivity index (χ2n) is 8.79. The number of hydrogen-bond acceptors (Lipinski definition) is 5. The van der Waals surface area contributed by atoms with Crippen LogP contribution in [0.25, 0.3) is 5.69 Å². The van der Waals surface area contributed by atoms with Crippen LogP contribution in [0.15, 0.2) is 67.0 Å². The van der Waals surface area contributed by atoms with Crippen molar-refractivity contribution in [2.75, 3.05) is 39.4 Å². The van der Waals surface area contributed by atoms with Crippen LogP contribution in [0.5, 0.6) is 0 Å². The third kappa shape index (κ3) is 5.07. The summed E-state index contributed by atoms with van der Waals surface area (Å²) in [6, 6.07) is 16.8.